The Morgan fingerprint density at radius 3 is 2.82 bits per heavy atom. The minimum atomic E-state index is 0.415. The first-order valence-corrected chi connectivity index (χ1v) is 6.21. The molecule has 0 aliphatic rings. The molecule has 1 rings (SSSR count). The summed E-state index contributed by atoms with van der Waals surface area (Å²) in [6.07, 6.45) is 1.11. The third kappa shape index (κ3) is 2.20. The molecule has 11 heavy (non-hydrogen) atoms. The standard InChI is InChI=1S/C8H11IOSi/c9-8-6(4-5-11)2-1-3-7(8)10/h1-3,10H,4-5H2,11H3. The third-order valence-electron chi connectivity index (χ3n) is 1.58. The van der Waals surface area contributed by atoms with Gasteiger partial charge in [-0.2, -0.15) is 0 Å². The normalized spacial score (nSPS) is 10.3. The second-order valence-electron chi connectivity index (χ2n) is 2.50. The quantitative estimate of drug-likeness (QED) is 0.639. The molecule has 60 valence electrons. The largest absolute Gasteiger partial charge is 0.507 e. The smallest absolute Gasteiger partial charge is 0.129 e. The fourth-order valence-corrected chi connectivity index (χ4v) is 2.20. The lowest BCUT2D eigenvalue weighted by molar-refractivity contribution is 0.470. The van der Waals surface area contributed by atoms with E-state index in [1.165, 1.54) is 21.9 Å². The summed E-state index contributed by atoms with van der Waals surface area (Å²) in [5, 5.41) is 9.33. The highest BCUT2D eigenvalue weighted by atomic mass is 127. The summed E-state index contributed by atoms with van der Waals surface area (Å²) in [5.74, 6) is 0.415. The molecule has 0 aliphatic carbocycles. The van der Waals surface area contributed by atoms with Crippen LogP contribution in [-0.4, -0.2) is 15.3 Å². The zero-order valence-corrected chi connectivity index (χ0v) is 10.6. The van der Waals surface area contributed by atoms with E-state index in [1.807, 2.05) is 6.07 Å². The van der Waals surface area contributed by atoms with E-state index in [9.17, 15) is 5.11 Å². The monoisotopic (exact) mass is 278 g/mol. The van der Waals surface area contributed by atoms with E-state index in [0.717, 1.165) is 9.99 Å². The zero-order chi connectivity index (χ0) is 8.27. The van der Waals surface area contributed by atoms with Crippen molar-refractivity contribution in [3.8, 4) is 5.75 Å². The molecule has 0 heterocycles. The summed E-state index contributed by atoms with van der Waals surface area (Å²) < 4.78 is 1.01. The topological polar surface area (TPSA) is 20.2 Å². The summed E-state index contributed by atoms with van der Waals surface area (Å²) in [6, 6.07) is 6.99. The van der Waals surface area contributed by atoms with Crippen LogP contribution in [0.15, 0.2) is 18.2 Å². The average Bonchev–Trinajstić information content (AvgIpc) is 1.99. The van der Waals surface area contributed by atoms with Gasteiger partial charge < -0.3 is 5.11 Å². The molecule has 1 aromatic rings. The molecule has 0 radical (unpaired) electrons. The van der Waals surface area contributed by atoms with Crippen LogP contribution in [0.5, 0.6) is 5.75 Å². The van der Waals surface area contributed by atoms with Gasteiger partial charge in [0.05, 0.1) is 3.57 Å². The van der Waals surface area contributed by atoms with Crippen LogP contribution in [0.25, 0.3) is 0 Å². The molecular weight excluding hydrogens is 267 g/mol. The van der Waals surface area contributed by atoms with Crippen LogP contribution in [0.2, 0.25) is 6.04 Å². The highest BCUT2D eigenvalue weighted by molar-refractivity contribution is 14.1. The van der Waals surface area contributed by atoms with Crippen LogP contribution in [-0.2, 0) is 6.42 Å². The van der Waals surface area contributed by atoms with Gasteiger partial charge in [-0.1, -0.05) is 18.2 Å². The van der Waals surface area contributed by atoms with Crippen LogP contribution in [0.3, 0.4) is 0 Å². The molecule has 0 saturated carbocycles. The molecular formula is C8H11IOSi. The number of benzene rings is 1. The first kappa shape index (κ1) is 9.06. The van der Waals surface area contributed by atoms with E-state index in [1.54, 1.807) is 6.07 Å². The molecule has 0 bridgehead atoms. The van der Waals surface area contributed by atoms with Gasteiger partial charge in [0, 0.05) is 10.2 Å². The van der Waals surface area contributed by atoms with Gasteiger partial charge in [-0.15, -0.1) is 0 Å². The summed E-state index contributed by atoms with van der Waals surface area (Å²) >= 11 is 2.19. The molecule has 0 aliphatic heterocycles. The number of halogens is 1. The van der Waals surface area contributed by atoms with E-state index in [2.05, 4.69) is 28.7 Å². The number of phenols is 1. The number of aryl methyl sites for hydroxylation is 1. The van der Waals surface area contributed by atoms with Crippen molar-refractivity contribution in [1.29, 1.82) is 0 Å². The maximum absolute atomic E-state index is 9.33. The van der Waals surface area contributed by atoms with E-state index in [0.29, 0.717) is 5.75 Å². The van der Waals surface area contributed by atoms with Gasteiger partial charge in [0.1, 0.15) is 5.75 Å². The molecule has 0 spiro atoms. The minimum Gasteiger partial charge on any atom is -0.507 e. The molecule has 0 unspecified atom stereocenters. The van der Waals surface area contributed by atoms with Crippen LogP contribution in [0, 0.1) is 3.57 Å². The molecule has 1 nitrogen and oxygen atoms in total. The van der Waals surface area contributed by atoms with Crippen LogP contribution >= 0.6 is 22.6 Å². The average molecular weight is 278 g/mol. The first-order chi connectivity index (χ1) is 5.25. The number of hydrogen-bond acceptors (Lipinski definition) is 1. The second-order valence-corrected chi connectivity index (χ2v) is 4.58. The predicted octanol–water partition coefficient (Wildman–Crippen LogP) is 1.32. The lowest BCUT2D eigenvalue weighted by Gasteiger charge is -2.03. The fraction of sp³-hybridized carbons (Fsp3) is 0.250. The number of rotatable bonds is 2. The van der Waals surface area contributed by atoms with Gasteiger partial charge in [0.2, 0.25) is 0 Å². The SMILES string of the molecule is Oc1cccc(CC[SiH3])c1I. The maximum atomic E-state index is 9.33. The fourth-order valence-electron chi connectivity index (χ4n) is 1.03. The zero-order valence-electron chi connectivity index (χ0n) is 6.47. The highest BCUT2D eigenvalue weighted by Crippen LogP contribution is 2.23. The van der Waals surface area contributed by atoms with Gasteiger partial charge in [0.15, 0.2) is 0 Å². The van der Waals surface area contributed by atoms with Crippen molar-refractivity contribution in [2.45, 2.75) is 12.5 Å². The summed E-state index contributed by atoms with van der Waals surface area (Å²) in [6.45, 7) is 0. The molecule has 0 atom stereocenters. The Hall–Kier alpha value is -0.0331. The van der Waals surface area contributed by atoms with Gasteiger partial charge in [-0.25, -0.2) is 0 Å². The molecule has 1 aromatic carbocycles. The Labute approximate surface area is 83.4 Å². The highest BCUT2D eigenvalue weighted by Gasteiger charge is 2.01. The number of aromatic hydroxyl groups is 1. The molecule has 0 saturated heterocycles. The van der Waals surface area contributed by atoms with Crippen LogP contribution in [0.1, 0.15) is 5.56 Å². The Morgan fingerprint density at radius 2 is 2.18 bits per heavy atom. The minimum absolute atomic E-state index is 0.415. The van der Waals surface area contributed by atoms with Gasteiger partial charge in [-0.05, 0) is 40.6 Å². The number of phenolic OH excluding ortho intramolecular Hbond substituents is 1. The number of hydrogen-bond donors (Lipinski definition) is 1. The Kier molecular flexibility index (Phi) is 3.38. The summed E-state index contributed by atoms with van der Waals surface area (Å²) in [4.78, 5) is 0. The van der Waals surface area contributed by atoms with Crippen molar-refractivity contribution in [2.24, 2.45) is 0 Å². The van der Waals surface area contributed by atoms with Crippen molar-refractivity contribution in [2.75, 3.05) is 0 Å². The van der Waals surface area contributed by atoms with Gasteiger partial charge in [-0.3, -0.25) is 0 Å². The van der Waals surface area contributed by atoms with E-state index < -0.39 is 0 Å². The van der Waals surface area contributed by atoms with Gasteiger partial charge in [0.25, 0.3) is 0 Å². The van der Waals surface area contributed by atoms with Crippen molar-refractivity contribution >= 4 is 32.8 Å². The first-order valence-electron chi connectivity index (χ1n) is 3.72. The molecule has 0 fully saturated rings. The molecule has 3 heteroatoms. The van der Waals surface area contributed by atoms with E-state index in [4.69, 9.17) is 0 Å². The summed E-state index contributed by atoms with van der Waals surface area (Å²) in [7, 11) is 1.23. The van der Waals surface area contributed by atoms with E-state index >= 15 is 0 Å². The lowest BCUT2D eigenvalue weighted by atomic mass is 10.2. The predicted molar refractivity (Wildman–Crippen MR) is 59.3 cm³/mol. The summed E-state index contributed by atoms with van der Waals surface area (Å²) in [5.41, 5.74) is 1.28. The molecule has 0 amide bonds. The molecule has 0 aromatic heterocycles. The Bertz CT molecular complexity index is 250. The third-order valence-corrected chi connectivity index (χ3v) is 3.32. The Morgan fingerprint density at radius 1 is 1.45 bits per heavy atom. The molecule has 1 N–H and O–H groups in total. The van der Waals surface area contributed by atoms with Gasteiger partial charge >= 0.3 is 0 Å². The van der Waals surface area contributed by atoms with Crippen LogP contribution < -0.4 is 0 Å². The van der Waals surface area contributed by atoms with Crippen molar-refractivity contribution in [3.63, 3.8) is 0 Å². The maximum Gasteiger partial charge on any atom is 0.129 e. The second kappa shape index (κ2) is 4.11. The van der Waals surface area contributed by atoms with E-state index in [-0.39, 0.29) is 0 Å². The van der Waals surface area contributed by atoms with Crippen LogP contribution in [0.4, 0.5) is 0 Å². The van der Waals surface area contributed by atoms with Crippen molar-refractivity contribution < 1.29 is 5.11 Å². The lowest BCUT2D eigenvalue weighted by Crippen LogP contribution is -1.88. The van der Waals surface area contributed by atoms with Crippen molar-refractivity contribution in [3.05, 3.63) is 27.3 Å². The van der Waals surface area contributed by atoms with Crippen molar-refractivity contribution in [1.82, 2.24) is 0 Å². The Balaban J connectivity index is 2.96.